The smallest absolute Gasteiger partial charge is 0.199 e. The van der Waals surface area contributed by atoms with Crippen molar-refractivity contribution in [2.24, 2.45) is 7.05 Å². The first-order valence-corrected chi connectivity index (χ1v) is 9.98. The van der Waals surface area contributed by atoms with Gasteiger partial charge in [-0.2, -0.15) is 5.10 Å². The largest absolute Gasteiger partial charge is 0.497 e. The third kappa shape index (κ3) is 4.04. The minimum absolute atomic E-state index is 0.169. The molecular weight excluding hydrogens is 389 g/mol. The summed E-state index contributed by atoms with van der Waals surface area (Å²) in [5.74, 6) is 1.46. The summed E-state index contributed by atoms with van der Waals surface area (Å²) >= 11 is 5.60. The van der Waals surface area contributed by atoms with Crippen molar-refractivity contribution < 1.29 is 9.13 Å². The fraction of sp³-hybridized carbons (Fsp3) is 0.333. The average Bonchev–Trinajstić information content (AvgIpc) is 3.03. The molecule has 0 radical (unpaired) electrons. The first-order chi connectivity index (χ1) is 14.1. The molecule has 0 bridgehead atoms. The highest BCUT2D eigenvalue weighted by Gasteiger charge is 2.20. The van der Waals surface area contributed by atoms with Crippen LogP contribution in [-0.4, -0.2) is 52.5 Å². The van der Waals surface area contributed by atoms with Crippen LogP contribution in [0.5, 0.6) is 5.75 Å². The lowest BCUT2D eigenvalue weighted by Crippen LogP contribution is -2.47. The van der Waals surface area contributed by atoms with E-state index in [1.165, 1.54) is 6.07 Å². The fourth-order valence-electron chi connectivity index (χ4n) is 3.60. The van der Waals surface area contributed by atoms with Crippen LogP contribution in [0.25, 0.3) is 11.4 Å². The van der Waals surface area contributed by atoms with Gasteiger partial charge in [-0.15, -0.1) is 0 Å². The molecule has 1 aromatic heterocycles. The molecule has 0 spiro atoms. The molecule has 4 rings (SSSR count). The molecule has 0 aliphatic carbocycles. The predicted octanol–water partition coefficient (Wildman–Crippen LogP) is 3.55. The molecule has 152 valence electrons. The van der Waals surface area contributed by atoms with Gasteiger partial charge < -0.3 is 14.2 Å². The third-order valence-electron chi connectivity index (χ3n) is 5.29. The van der Waals surface area contributed by atoms with Gasteiger partial charge in [0.25, 0.3) is 0 Å². The summed E-state index contributed by atoms with van der Waals surface area (Å²) in [5, 5.41) is 4.74. The highest BCUT2D eigenvalue weighted by molar-refractivity contribution is 7.71. The van der Waals surface area contributed by atoms with Crippen molar-refractivity contribution in [1.82, 2.24) is 19.2 Å². The molecule has 0 saturated carbocycles. The van der Waals surface area contributed by atoms with Crippen LogP contribution in [0, 0.1) is 10.6 Å². The molecule has 2 heterocycles. The van der Waals surface area contributed by atoms with Crippen molar-refractivity contribution in [3.05, 3.63) is 59.1 Å². The number of benzene rings is 2. The van der Waals surface area contributed by atoms with Gasteiger partial charge in [0.05, 0.1) is 19.5 Å². The summed E-state index contributed by atoms with van der Waals surface area (Å²) in [5.41, 5.74) is 1.66. The Bertz CT molecular complexity index is 1040. The van der Waals surface area contributed by atoms with Crippen molar-refractivity contribution in [1.29, 1.82) is 0 Å². The van der Waals surface area contributed by atoms with Gasteiger partial charge >= 0.3 is 0 Å². The van der Waals surface area contributed by atoms with Crippen molar-refractivity contribution in [3.63, 3.8) is 0 Å². The Kier molecular flexibility index (Phi) is 5.64. The first-order valence-electron chi connectivity index (χ1n) is 9.57. The van der Waals surface area contributed by atoms with Gasteiger partial charge in [-0.25, -0.2) is 9.07 Å². The zero-order chi connectivity index (χ0) is 20.4. The molecular formula is C21H24FN5OS. The number of piperazine rings is 1. The minimum Gasteiger partial charge on any atom is -0.497 e. The molecule has 0 amide bonds. The van der Waals surface area contributed by atoms with E-state index in [1.807, 2.05) is 52.7 Å². The van der Waals surface area contributed by atoms with Crippen LogP contribution in [0.15, 0.2) is 48.5 Å². The highest BCUT2D eigenvalue weighted by atomic mass is 32.1. The number of methoxy groups -OCH3 is 1. The van der Waals surface area contributed by atoms with Crippen LogP contribution in [0.2, 0.25) is 0 Å². The lowest BCUT2D eigenvalue weighted by atomic mass is 10.2. The number of hydrogen-bond acceptors (Lipinski definition) is 5. The second-order valence-corrected chi connectivity index (χ2v) is 7.46. The summed E-state index contributed by atoms with van der Waals surface area (Å²) in [7, 11) is 3.58. The van der Waals surface area contributed by atoms with Gasteiger partial charge in [-0.05, 0) is 48.6 Å². The number of hydrogen-bond donors (Lipinski definition) is 0. The quantitative estimate of drug-likeness (QED) is 0.598. The normalized spacial score (nSPS) is 14.9. The van der Waals surface area contributed by atoms with E-state index in [1.54, 1.807) is 13.2 Å². The Morgan fingerprint density at radius 2 is 1.72 bits per heavy atom. The van der Waals surface area contributed by atoms with E-state index >= 15 is 0 Å². The lowest BCUT2D eigenvalue weighted by Gasteiger charge is -2.35. The van der Waals surface area contributed by atoms with E-state index < -0.39 is 0 Å². The van der Waals surface area contributed by atoms with Gasteiger partial charge in [0.15, 0.2) is 10.6 Å². The fourth-order valence-corrected chi connectivity index (χ4v) is 3.78. The molecule has 0 unspecified atom stereocenters. The summed E-state index contributed by atoms with van der Waals surface area (Å²) in [6.07, 6.45) is 0. The molecule has 3 aromatic rings. The van der Waals surface area contributed by atoms with E-state index in [4.69, 9.17) is 22.1 Å². The maximum atomic E-state index is 14.0. The monoisotopic (exact) mass is 413 g/mol. The Balaban J connectivity index is 1.45. The maximum absolute atomic E-state index is 14.0. The summed E-state index contributed by atoms with van der Waals surface area (Å²) in [6, 6.07) is 14.7. The van der Waals surface area contributed by atoms with E-state index in [2.05, 4.69) is 9.80 Å². The summed E-state index contributed by atoms with van der Waals surface area (Å²) in [4.78, 5) is 4.38. The molecule has 1 saturated heterocycles. The van der Waals surface area contributed by atoms with Gasteiger partial charge in [0.1, 0.15) is 11.6 Å². The Morgan fingerprint density at radius 3 is 2.38 bits per heavy atom. The summed E-state index contributed by atoms with van der Waals surface area (Å²) < 4.78 is 23.7. The third-order valence-corrected chi connectivity index (χ3v) is 5.77. The van der Waals surface area contributed by atoms with Crippen molar-refractivity contribution in [2.75, 3.05) is 38.2 Å². The average molecular weight is 414 g/mol. The topological polar surface area (TPSA) is 38.5 Å². The highest BCUT2D eigenvalue weighted by Crippen LogP contribution is 2.22. The first kappa shape index (κ1) is 19.6. The number of rotatable bonds is 5. The molecule has 2 aromatic carbocycles. The molecule has 1 aliphatic heterocycles. The van der Waals surface area contributed by atoms with Crippen LogP contribution in [-0.2, 0) is 13.7 Å². The molecule has 1 aliphatic rings. The van der Waals surface area contributed by atoms with Crippen molar-refractivity contribution in [3.8, 4) is 17.1 Å². The Morgan fingerprint density at radius 1 is 1.03 bits per heavy atom. The second kappa shape index (κ2) is 8.34. The van der Waals surface area contributed by atoms with Crippen molar-refractivity contribution in [2.45, 2.75) is 6.67 Å². The Hall–Kier alpha value is -2.71. The zero-order valence-corrected chi connectivity index (χ0v) is 17.4. The van der Waals surface area contributed by atoms with Crippen LogP contribution in [0.1, 0.15) is 0 Å². The van der Waals surface area contributed by atoms with Crippen molar-refractivity contribution >= 4 is 17.9 Å². The van der Waals surface area contributed by atoms with E-state index in [0.717, 1.165) is 43.3 Å². The lowest BCUT2D eigenvalue weighted by molar-refractivity contribution is 0.194. The Labute approximate surface area is 174 Å². The van der Waals surface area contributed by atoms with E-state index in [-0.39, 0.29) is 5.82 Å². The van der Waals surface area contributed by atoms with Crippen LogP contribution in [0.3, 0.4) is 0 Å². The molecule has 6 nitrogen and oxygen atoms in total. The summed E-state index contributed by atoms with van der Waals surface area (Å²) in [6.45, 7) is 3.81. The molecule has 29 heavy (non-hydrogen) atoms. The van der Waals surface area contributed by atoms with Gasteiger partial charge in [0, 0.05) is 38.8 Å². The van der Waals surface area contributed by atoms with Crippen LogP contribution in [0.4, 0.5) is 10.1 Å². The van der Waals surface area contributed by atoms with Gasteiger partial charge in [-0.1, -0.05) is 12.1 Å². The molecule has 8 heteroatoms. The SMILES string of the molecule is COc1ccc(-c2nn(CN3CCN(c4ccccc4F)CC3)c(=S)n2C)cc1. The van der Waals surface area contributed by atoms with Crippen LogP contribution < -0.4 is 9.64 Å². The zero-order valence-electron chi connectivity index (χ0n) is 16.6. The van der Waals surface area contributed by atoms with E-state index in [0.29, 0.717) is 17.1 Å². The number of aromatic nitrogens is 3. The predicted molar refractivity (Wildman–Crippen MR) is 114 cm³/mol. The maximum Gasteiger partial charge on any atom is 0.199 e. The number of anilines is 1. The van der Waals surface area contributed by atoms with E-state index in [9.17, 15) is 4.39 Å². The van der Waals surface area contributed by atoms with Crippen LogP contribution >= 0.6 is 12.2 Å². The number of ether oxygens (including phenoxy) is 1. The standard InChI is InChI=1S/C21H24FN5OS/c1-24-20(16-7-9-17(28-2)10-8-16)23-27(21(24)29)15-25-11-13-26(14-12-25)19-6-4-3-5-18(19)22/h3-10H,11-15H2,1-2H3. The molecule has 0 atom stereocenters. The molecule has 1 fully saturated rings. The number of halogens is 1. The second-order valence-electron chi connectivity index (χ2n) is 7.09. The van der Waals surface area contributed by atoms with Gasteiger partial charge in [0.2, 0.25) is 0 Å². The number of nitrogens with zero attached hydrogens (tertiary/aromatic N) is 5. The minimum atomic E-state index is -0.169. The molecule has 0 N–H and O–H groups in total. The number of para-hydroxylation sites is 1. The van der Waals surface area contributed by atoms with Gasteiger partial charge in [-0.3, -0.25) is 4.90 Å².